The summed E-state index contributed by atoms with van der Waals surface area (Å²) in [6.07, 6.45) is -4.54. The number of carbonyl (C=O) groups is 1. The molecular weight excluding hydrogens is 263 g/mol. The molecule has 0 aliphatic heterocycles. The lowest BCUT2D eigenvalue weighted by molar-refractivity contribution is -0.384. The molecule has 0 saturated carbocycles. The van der Waals surface area contributed by atoms with Crippen LogP contribution in [0.25, 0.3) is 0 Å². The van der Waals surface area contributed by atoms with Gasteiger partial charge >= 0.3 is 5.97 Å². The summed E-state index contributed by atoms with van der Waals surface area (Å²) in [5.74, 6) is -2.48. The van der Waals surface area contributed by atoms with Crippen molar-refractivity contribution < 1.29 is 29.4 Å². The summed E-state index contributed by atoms with van der Waals surface area (Å²) >= 11 is 0. The van der Waals surface area contributed by atoms with Gasteiger partial charge in [0.05, 0.1) is 17.4 Å². The van der Waals surface area contributed by atoms with Gasteiger partial charge in [0.2, 0.25) is 0 Å². The summed E-state index contributed by atoms with van der Waals surface area (Å²) < 4.78 is 13.5. The molecule has 1 rings (SSSR count). The molecule has 2 unspecified atom stereocenters. The average Bonchev–Trinajstić information content (AvgIpc) is 2.26. The quantitative estimate of drug-likeness (QED) is 0.340. The molecule has 0 saturated heterocycles. The summed E-state index contributed by atoms with van der Waals surface area (Å²) in [5, 5.41) is 38.0. The lowest BCUT2D eigenvalue weighted by atomic mass is 10.0. The second kappa shape index (κ2) is 5.59. The second-order valence-electron chi connectivity index (χ2n) is 3.80. The average molecular weight is 274 g/mol. The van der Waals surface area contributed by atoms with Gasteiger partial charge in [0.15, 0.2) is 0 Å². The zero-order valence-corrected chi connectivity index (χ0v) is 9.49. The van der Waals surface area contributed by atoms with Crippen LogP contribution in [0.1, 0.15) is 18.1 Å². The molecule has 0 aliphatic rings. The Labute approximate surface area is 106 Å². The Balaban J connectivity index is 3.15. The van der Waals surface area contributed by atoms with Crippen molar-refractivity contribution in [1.82, 2.24) is 0 Å². The van der Waals surface area contributed by atoms with Gasteiger partial charge in [-0.15, -0.1) is 0 Å². The summed E-state index contributed by atoms with van der Waals surface area (Å²) in [6.45, 7) is 0. The molecule has 0 aromatic heterocycles. The third-order valence-electron chi connectivity index (χ3n) is 2.41. The molecule has 0 fully saturated rings. The largest absolute Gasteiger partial charge is 0.481 e. The van der Waals surface area contributed by atoms with Crippen molar-refractivity contribution in [3.05, 3.63) is 33.6 Å². The van der Waals surface area contributed by atoms with Gasteiger partial charge in [-0.3, -0.25) is 14.9 Å². The number of nitrogens with two attached hydrogens (primary N) is 1. The van der Waals surface area contributed by atoms with E-state index in [1.54, 1.807) is 0 Å². The minimum absolute atomic E-state index is 0.439. The van der Waals surface area contributed by atoms with Crippen molar-refractivity contribution in [2.45, 2.75) is 18.6 Å². The monoisotopic (exact) mass is 274 g/mol. The van der Waals surface area contributed by atoms with Crippen LogP contribution in [0.2, 0.25) is 0 Å². The maximum Gasteiger partial charge on any atom is 0.306 e. The number of benzene rings is 1. The van der Waals surface area contributed by atoms with E-state index in [9.17, 15) is 29.5 Å². The number of rotatable bonds is 5. The number of aliphatic hydroxyl groups excluding tert-OH is 2. The predicted octanol–water partition coefficient (Wildman–Crippen LogP) is 0.185. The molecule has 0 bridgehead atoms. The number of aliphatic carboxylic acids is 1. The molecule has 5 N–H and O–H groups in total. The Kier molecular flexibility index (Phi) is 4.35. The van der Waals surface area contributed by atoms with Gasteiger partial charge < -0.3 is 21.1 Å². The Morgan fingerprint density at radius 2 is 2.05 bits per heavy atom. The molecule has 104 valence electrons. The Bertz CT molecular complexity index is 521. The summed E-state index contributed by atoms with van der Waals surface area (Å²) in [6, 6.07) is 1.30. The highest BCUT2D eigenvalue weighted by Crippen LogP contribution is 2.30. The van der Waals surface area contributed by atoms with Gasteiger partial charge in [-0.2, -0.15) is 0 Å². The van der Waals surface area contributed by atoms with Gasteiger partial charge in [0, 0.05) is 17.7 Å². The van der Waals surface area contributed by atoms with E-state index in [0.29, 0.717) is 12.1 Å². The fourth-order valence-electron chi connectivity index (χ4n) is 1.48. The third kappa shape index (κ3) is 3.36. The molecule has 2 atom stereocenters. The van der Waals surface area contributed by atoms with Gasteiger partial charge in [-0.1, -0.05) is 0 Å². The number of nitrogens with zero attached hydrogens (tertiary/aromatic N) is 1. The number of anilines is 1. The van der Waals surface area contributed by atoms with E-state index in [1.165, 1.54) is 0 Å². The Hall–Kier alpha value is -2.26. The second-order valence-corrected chi connectivity index (χ2v) is 3.80. The first kappa shape index (κ1) is 14.8. The zero-order chi connectivity index (χ0) is 14.7. The van der Waals surface area contributed by atoms with Crippen LogP contribution in [0.4, 0.5) is 15.8 Å². The van der Waals surface area contributed by atoms with Crippen molar-refractivity contribution in [2.75, 3.05) is 5.73 Å². The van der Waals surface area contributed by atoms with Gasteiger partial charge in [0.1, 0.15) is 17.6 Å². The molecule has 1 aromatic rings. The molecule has 9 heteroatoms. The standard InChI is InChI=1S/C10H11FN2O6/c11-5-2-6(12)7(13(18)19)1-4(5)10(17)8(14)3-9(15)16/h1-2,8,10,14,17H,3,12H2,(H,15,16). The number of hydrogen-bond acceptors (Lipinski definition) is 6. The lowest BCUT2D eigenvalue weighted by Crippen LogP contribution is -2.22. The molecule has 0 radical (unpaired) electrons. The normalized spacial score (nSPS) is 13.8. The van der Waals surface area contributed by atoms with Crippen LogP contribution in [0.3, 0.4) is 0 Å². The maximum absolute atomic E-state index is 13.5. The highest BCUT2D eigenvalue weighted by atomic mass is 19.1. The first-order valence-corrected chi connectivity index (χ1v) is 5.05. The van der Waals surface area contributed by atoms with E-state index in [1.807, 2.05) is 0 Å². The van der Waals surface area contributed by atoms with Crippen molar-refractivity contribution in [1.29, 1.82) is 0 Å². The van der Waals surface area contributed by atoms with Crippen molar-refractivity contribution in [3.63, 3.8) is 0 Å². The van der Waals surface area contributed by atoms with Crippen LogP contribution in [-0.4, -0.2) is 32.3 Å². The molecule has 0 amide bonds. The third-order valence-corrected chi connectivity index (χ3v) is 2.41. The van der Waals surface area contributed by atoms with E-state index in [2.05, 4.69) is 0 Å². The molecule has 1 aromatic carbocycles. The number of halogens is 1. The van der Waals surface area contributed by atoms with E-state index in [4.69, 9.17) is 10.8 Å². The van der Waals surface area contributed by atoms with E-state index >= 15 is 0 Å². The van der Waals surface area contributed by atoms with Crippen LogP contribution in [0.15, 0.2) is 12.1 Å². The number of hydrogen-bond donors (Lipinski definition) is 4. The molecule has 0 spiro atoms. The number of nitrogen functional groups attached to an aromatic ring is 1. The summed E-state index contributed by atoms with van der Waals surface area (Å²) in [5.41, 5.74) is 3.56. The van der Waals surface area contributed by atoms with E-state index in [-0.39, 0.29) is 0 Å². The topological polar surface area (TPSA) is 147 Å². The van der Waals surface area contributed by atoms with Crippen molar-refractivity contribution in [3.8, 4) is 0 Å². The number of nitro groups is 1. The van der Waals surface area contributed by atoms with E-state index < -0.39 is 52.3 Å². The predicted molar refractivity (Wildman–Crippen MR) is 60.7 cm³/mol. The highest BCUT2D eigenvalue weighted by molar-refractivity contribution is 5.67. The van der Waals surface area contributed by atoms with E-state index in [0.717, 1.165) is 0 Å². The van der Waals surface area contributed by atoms with Gasteiger partial charge in [-0.25, -0.2) is 4.39 Å². The minimum atomic E-state index is -1.91. The Morgan fingerprint density at radius 1 is 1.47 bits per heavy atom. The van der Waals surface area contributed by atoms with Crippen LogP contribution in [0.5, 0.6) is 0 Å². The number of nitro benzene ring substituents is 1. The first-order valence-electron chi connectivity index (χ1n) is 5.05. The molecule has 8 nitrogen and oxygen atoms in total. The lowest BCUT2D eigenvalue weighted by Gasteiger charge is -2.17. The fourth-order valence-corrected chi connectivity index (χ4v) is 1.48. The molecule has 19 heavy (non-hydrogen) atoms. The summed E-state index contributed by atoms with van der Waals surface area (Å²) in [4.78, 5) is 20.1. The van der Waals surface area contributed by atoms with Crippen LogP contribution in [0, 0.1) is 15.9 Å². The minimum Gasteiger partial charge on any atom is -0.481 e. The van der Waals surface area contributed by atoms with Gasteiger partial charge in [-0.05, 0) is 0 Å². The van der Waals surface area contributed by atoms with Crippen molar-refractivity contribution >= 4 is 17.3 Å². The number of carboxylic acids is 1. The maximum atomic E-state index is 13.5. The highest BCUT2D eigenvalue weighted by Gasteiger charge is 2.27. The number of aliphatic hydroxyl groups is 2. The summed E-state index contributed by atoms with van der Waals surface area (Å²) in [7, 11) is 0. The Morgan fingerprint density at radius 3 is 2.53 bits per heavy atom. The molecular formula is C10H11FN2O6. The molecule has 0 heterocycles. The molecule has 0 aliphatic carbocycles. The van der Waals surface area contributed by atoms with Crippen LogP contribution in [-0.2, 0) is 4.79 Å². The van der Waals surface area contributed by atoms with Crippen LogP contribution >= 0.6 is 0 Å². The van der Waals surface area contributed by atoms with Crippen molar-refractivity contribution in [2.24, 2.45) is 0 Å². The van der Waals surface area contributed by atoms with Gasteiger partial charge in [0.25, 0.3) is 5.69 Å². The number of carboxylic acid groups (broad SMARTS) is 1. The SMILES string of the molecule is Nc1cc(F)c(C(O)C(O)CC(=O)O)cc1[N+](=O)[O-]. The van der Waals surface area contributed by atoms with Crippen LogP contribution < -0.4 is 5.73 Å². The first-order chi connectivity index (χ1) is 8.73. The zero-order valence-electron chi connectivity index (χ0n) is 9.49. The smallest absolute Gasteiger partial charge is 0.306 e. The fraction of sp³-hybridized carbons (Fsp3) is 0.300.